The molecule has 1 aromatic heterocycles. The van der Waals surface area contributed by atoms with E-state index in [9.17, 15) is 0 Å². The maximum absolute atomic E-state index is 5.77. The van der Waals surface area contributed by atoms with Crippen LogP contribution in [0.15, 0.2) is 18.5 Å². The number of nitrogens with zero attached hydrogens (tertiary/aromatic N) is 2. The van der Waals surface area contributed by atoms with E-state index in [1.807, 2.05) is 12.4 Å². The van der Waals surface area contributed by atoms with E-state index < -0.39 is 0 Å². The van der Waals surface area contributed by atoms with Crippen LogP contribution in [0.1, 0.15) is 38.2 Å². The van der Waals surface area contributed by atoms with Gasteiger partial charge in [-0.2, -0.15) is 0 Å². The van der Waals surface area contributed by atoms with Crippen molar-refractivity contribution >= 4 is 5.69 Å². The molecule has 16 heavy (non-hydrogen) atoms. The van der Waals surface area contributed by atoms with Crippen LogP contribution in [0.2, 0.25) is 0 Å². The molecular formula is C13H21N3. The molecule has 1 fully saturated rings. The second-order valence-electron chi connectivity index (χ2n) is 4.49. The van der Waals surface area contributed by atoms with E-state index in [1.165, 1.54) is 36.9 Å². The Labute approximate surface area is 97.7 Å². The molecule has 0 unspecified atom stereocenters. The molecule has 2 N–H and O–H groups in total. The summed E-state index contributed by atoms with van der Waals surface area (Å²) in [5.41, 5.74) is 8.24. The summed E-state index contributed by atoms with van der Waals surface area (Å²) in [7, 11) is 0. The average molecular weight is 219 g/mol. The van der Waals surface area contributed by atoms with Gasteiger partial charge in [-0.15, -0.1) is 0 Å². The maximum atomic E-state index is 5.77. The number of rotatable bonds is 6. The summed E-state index contributed by atoms with van der Waals surface area (Å²) in [6, 6.07) is 2.86. The normalized spacial score (nSPS) is 15.1. The lowest BCUT2D eigenvalue weighted by Gasteiger charge is -2.26. The monoisotopic (exact) mass is 219 g/mol. The Bertz CT molecular complexity index is 334. The van der Waals surface area contributed by atoms with Gasteiger partial charge in [0, 0.05) is 42.8 Å². The molecule has 1 saturated carbocycles. The van der Waals surface area contributed by atoms with Gasteiger partial charge < -0.3 is 10.6 Å². The summed E-state index contributed by atoms with van der Waals surface area (Å²) in [5.74, 6) is 0. The molecule has 0 bridgehead atoms. The quantitative estimate of drug-likeness (QED) is 0.798. The van der Waals surface area contributed by atoms with Gasteiger partial charge in [-0.25, -0.2) is 0 Å². The number of nitrogens with two attached hydrogens (primary N) is 1. The minimum atomic E-state index is 0.582. The lowest BCUT2D eigenvalue weighted by atomic mass is 10.2. The van der Waals surface area contributed by atoms with E-state index in [1.54, 1.807) is 0 Å². The summed E-state index contributed by atoms with van der Waals surface area (Å²) in [6.07, 6.45) is 8.92. The largest absolute Gasteiger partial charge is 0.368 e. The Morgan fingerprint density at radius 3 is 2.94 bits per heavy atom. The van der Waals surface area contributed by atoms with Gasteiger partial charge in [0.2, 0.25) is 0 Å². The Kier molecular flexibility index (Phi) is 3.78. The molecule has 0 amide bonds. The third kappa shape index (κ3) is 2.53. The van der Waals surface area contributed by atoms with Gasteiger partial charge in [-0.1, -0.05) is 13.3 Å². The van der Waals surface area contributed by atoms with E-state index in [4.69, 9.17) is 5.73 Å². The average Bonchev–Trinajstić information content (AvgIpc) is 3.14. The number of unbranched alkanes of at least 4 members (excludes halogenated alkanes) is 1. The molecule has 0 aliphatic heterocycles. The van der Waals surface area contributed by atoms with Crippen LogP contribution in [0.4, 0.5) is 5.69 Å². The van der Waals surface area contributed by atoms with Gasteiger partial charge in [-0.05, 0) is 25.3 Å². The predicted molar refractivity (Wildman–Crippen MR) is 67.4 cm³/mol. The fraction of sp³-hybridized carbons (Fsp3) is 0.615. The Hall–Kier alpha value is -1.09. The third-order valence-corrected chi connectivity index (χ3v) is 3.15. The van der Waals surface area contributed by atoms with Crippen LogP contribution in [0.5, 0.6) is 0 Å². The lowest BCUT2D eigenvalue weighted by Crippen LogP contribution is -2.28. The lowest BCUT2D eigenvalue weighted by molar-refractivity contribution is 0.708. The summed E-state index contributed by atoms with van der Waals surface area (Å²) in [6.45, 7) is 3.97. The highest BCUT2D eigenvalue weighted by atomic mass is 15.2. The second-order valence-corrected chi connectivity index (χ2v) is 4.49. The molecule has 0 aromatic carbocycles. The highest BCUT2D eigenvalue weighted by molar-refractivity contribution is 5.54. The first-order valence-electron chi connectivity index (χ1n) is 6.26. The van der Waals surface area contributed by atoms with E-state index >= 15 is 0 Å². The van der Waals surface area contributed by atoms with Crippen LogP contribution in [-0.2, 0) is 6.54 Å². The van der Waals surface area contributed by atoms with Crippen molar-refractivity contribution in [1.29, 1.82) is 0 Å². The van der Waals surface area contributed by atoms with Crippen LogP contribution in [0, 0.1) is 0 Å². The van der Waals surface area contributed by atoms with E-state index in [-0.39, 0.29) is 0 Å². The molecule has 1 aliphatic rings. The molecular weight excluding hydrogens is 198 g/mol. The molecule has 1 heterocycles. The Balaban J connectivity index is 2.16. The van der Waals surface area contributed by atoms with Gasteiger partial charge in [0.15, 0.2) is 0 Å². The minimum Gasteiger partial charge on any atom is -0.368 e. The van der Waals surface area contributed by atoms with Crippen molar-refractivity contribution in [3.63, 3.8) is 0 Å². The van der Waals surface area contributed by atoms with Crippen LogP contribution in [0.3, 0.4) is 0 Å². The van der Waals surface area contributed by atoms with Crippen molar-refractivity contribution in [2.24, 2.45) is 5.73 Å². The summed E-state index contributed by atoms with van der Waals surface area (Å²) >= 11 is 0. The molecule has 88 valence electrons. The first kappa shape index (κ1) is 11.4. The number of pyridine rings is 1. The van der Waals surface area contributed by atoms with E-state index in [0.29, 0.717) is 6.54 Å². The van der Waals surface area contributed by atoms with Crippen LogP contribution in [-0.4, -0.2) is 17.6 Å². The molecule has 1 aromatic rings. The van der Waals surface area contributed by atoms with Gasteiger partial charge in [-0.3, -0.25) is 4.98 Å². The number of hydrogen-bond acceptors (Lipinski definition) is 3. The predicted octanol–water partition coefficient (Wildman–Crippen LogP) is 2.31. The summed E-state index contributed by atoms with van der Waals surface area (Å²) in [4.78, 5) is 6.67. The fourth-order valence-corrected chi connectivity index (χ4v) is 2.07. The first-order valence-corrected chi connectivity index (χ1v) is 6.26. The van der Waals surface area contributed by atoms with Crippen LogP contribution >= 0.6 is 0 Å². The zero-order chi connectivity index (χ0) is 11.4. The third-order valence-electron chi connectivity index (χ3n) is 3.15. The molecule has 0 spiro atoms. The summed E-state index contributed by atoms with van der Waals surface area (Å²) in [5, 5.41) is 0. The molecule has 3 heteroatoms. The zero-order valence-electron chi connectivity index (χ0n) is 10.0. The van der Waals surface area contributed by atoms with Crippen molar-refractivity contribution < 1.29 is 0 Å². The maximum Gasteiger partial charge on any atom is 0.0445 e. The van der Waals surface area contributed by atoms with Gasteiger partial charge in [0.05, 0.1) is 0 Å². The summed E-state index contributed by atoms with van der Waals surface area (Å²) < 4.78 is 0. The van der Waals surface area contributed by atoms with E-state index in [2.05, 4.69) is 22.9 Å². The fourth-order valence-electron chi connectivity index (χ4n) is 2.07. The van der Waals surface area contributed by atoms with Crippen molar-refractivity contribution in [3.8, 4) is 0 Å². The molecule has 0 saturated heterocycles. The minimum absolute atomic E-state index is 0.582. The molecule has 2 rings (SSSR count). The highest BCUT2D eigenvalue weighted by Crippen LogP contribution is 2.33. The zero-order valence-corrected chi connectivity index (χ0v) is 10.0. The van der Waals surface area contributed by atoms with Crippen molar-refractivity contribution in [2.75, 3.05) is 11.4 Å². The van der Waals surface area contributed by atoms with Gasteiger partial charge >= 0.3 is 0 Å². The van der Waals surface area contributed by atoms with Gasteiger partial charge in [0.25, 0.3) is 0 Å². The SMILES string of the molecule is CCCCN(c1ccncc1CN)C1CC1. The highest BCUT2D eigenvalue weighted by Gasteiger charge is 2.29. The Morgan fingerprint density at radius 2 is 2.31 bits per heavy atom. The van der Waals surface area contributed by atoms with E-state index in [0.717, 1.165) is 12.6 Å². The molecule has 3 nitrogen and oxygen atoms in total. The molecule has 1 aliphatic carbocycles. The molecule has 0 radical (unpaired) electrons. The van der Waals surface area contributed by atoms with Crippen molar-refractivity contribution in [2.45, 2.75) is 45.2 Å². The number of anilines is 1. The first-order chi connectivity index (χ1) is 7.86. The topological polar surface area (TPSA) is 42.2 Å². The second kappa shape index (κ2) is 5.30. The van der Waals surface area contributed by atoms with Crippen molar-refractivity contribution in [3.05, 3.63) is 24.0 Å². The molecule has 0 atom stereocenters. The number of hydrogen-bond donors (Lipinski definition) is 1. The van der Waals surface area contributed by atoms with Crippen molar-refractivity contribution in [1.82, 2.24) is 4.98 Å². The Morgan fingerprint density at radius 1 is 1.50 bits per heavy atom. The van der Waals surface area contributed by atoms with Crippen LogP contribution in [0.25, 0.3) is 0 Å². The number of aromatic nitrogens is 1. The van der Waals surface area contributed by atoms with Gasteiger partial charge in [0.1, 0.15) is 0 Å². The standard InChI is InChI=1S/C13H21N3/c1-2-3-8-16(12-4-5-12)13-6-7-15-10-11(13)9-14/h6-7,10,12H,2-5,8-9,14H2,1H3. The van der Waals surface area contributed by atoms with Crippen LogP contribution < -0.4 is 10.6 Å². The smallest absolute Gasteiger partial charge is 0.0445 e.